The molecule has 0 aliphatic heterocycles. The van der Waals surface area contributed by atoms with Gasteiger partial charge in [-0.25, -0.2) is 9.59 Å². The molecule has 4 amide bonds. The molecule has 24 heavy (non-hydrogen) atoms. The molecule has 1 aromatic rings. The highest BCUT2D eigenvalue weighted by atomic mass is 35.5. The lowest BCUT2D eigenvalue weighted by Crippen LogP contribution is -2.56. The zero-order valence-corrected chi connectivity index (χ0v) is 14.7. The third kappa shape index (κ3) is 5.60. The van der Waals surface area contributed by atoms with Crippen LogP contribution in [0.25, 0.3) is 0 Å². The highest BCUT2D eigenvalue weighted by molar-refractivity contribution is 6.31. The van der Waals surface area contributed by atoms with E-state index in [4.69, 9.17) is 11.6 Å². The number of urea groups is 2. The third-order valence-corrected chi connectivity index (χ3v) is 4.50. The zero-order valence-electron chi connectivity index (χ0n) is 13.9. The summed E-state index contributed by atoms with van der Waals surface area (Å²) in [6.07, 6.45) is 3.82. The number of amides is 4. The predicted octanol–water partition coefficient (Wildman–Crippen LogP) is 2.77. The summed E-state index contributed by atoms with van der Waals surface area (Å²) in [6, 6.07) is 6.87. The van der Waals surface area contributed by atoms with Crippen molar-refractivity contribution in [3.8, 4) is 0 Å². The van der Waals surface area contributed by atoms with E-state index < -0.39 is 0 Å². The fraction of sp³-hybridized carbons (Fsp3) is 0.529. The third-order valence-electron chi connectivity index (χ3n) is 4.13. The Hall–Kier alpha value is -1.95. The Bertz CT molecular complexity index is 567. The predicted molar refractivity (Wildman–Crippen MR) is 95.1 cm³/mol. The first kappa shape index (κ1) is 18.4. The number of carbonyl (C=O) groups excluding carboxylic acids is 2. The molecule has 1 fully saturated rings. The first-order valence-electron chi connectivity index (χ1n) is 8.42. The van der Waals surface area contributed by atoms with Crippen molar-refractivity contribution in [1.29, 1.82) is 0 Å². The lowest BCUT2D eigenvalue weighted by Gasteiger charge is -2.32. The van der Waals surface area contributed by atoms with Gasteiger partial charge >= 0.3 is 12.1 Å². The van der Waals surface area contributed by atoms with Gasteiger partial charge in [0.15, 0.2) is 0 Å². The van der Waals surface area contributed by atoms with E-state index >= 15 is 0 Å². The molecule has 1 aromatic carbocycles. The number of halogens is 1. The molecule has 0 bridgehead atoms. The van der Waals surface area contributed by atoms with Crippen molar-refractivity contribution in [3.63, 3.8) is 0 Å². The molecule has 2 atom stereocenters. The van der Waals surface area contributed by atoms with Crippen LogP contribution in [0.5, 0.6) is 0 Å². The van der Waals surface area contributed by atoms with Gasteiger partial charge in [-0.1, -0.05) is 42.6 Å². The van der Waals surface area contributed by atoms with Crippen LogP contribution in [0.2, 0.25) is 5.02 Å². The normalized spacial score (nSPS) is 20.1. The molecule has 4 N–H and O–H groups in total. The number of nitrogens with one attached hydrogen (secondary N) is 4. The minimum absolute atomic E-state index is 0.0450. The van der Waals surface area contributed by atoms with Crippen molar-refractivity contribution in [2.75, 3.05) is 6.54 Å². The summed E-state index contributed by atoms with van der Waals surface area (Å²) in [6.45, 7) is 2.82. The zero-order chi connectivity index (χ0) is 17.4. The van der Waals surface area contributed by atoms with Crippen LogP contribution in [-0.2, 0) is 6.54 Å². The SMILES string of the molecule is CCNC(=O)NC1CCCCC1NC(=O)NCc1ccccc1Cl. The summed E-state index contributed by atoms with van der Waals surface area (Å²) in [7, 11) is 0. The van der Waals surface area contributed by atoms with Crippen LogP contribution in [0.1, 0.15) is 38.2 Å². The van der Waals surface area contributed by atoms with Crippen molar-refractivity contribution in [1.82, 2.24) is 21.3 Å². The van der Waals surface area contributed by atoms with E-state index in [9.17, 15) is 9.59 Å². The van der Waals surface area contributed by atoms with E-state index in [1.807, 2.05) is 25.1 Å². The quantitative estimate of drug-likeness (QED) is 0.657. The second-order valence-electron chi connectivity index (χ2n) is 5.92. The first-order chi connectivity index (χ1) is 11.6. The maximum Gasteiger partial charge on any atom is 0.315 e. The van der Waals surface area contributed by atoms with Gasteiger partial charge in [0, 0.05) is 18.1 Å². The number of hydrogen-bond donors (Lipinski definition) is 4. The minimum Gasteiger partial charge on any atom is -0.338 e. The fourth-order valence-electron chi connectivity index (χ4n) is 2.89. The first-order valence-corrected chi connectivity index (χ1v) is 8.80. The molecule has 2 unspecified atom stereocenters. The topological polar surface area (TPSA) is 82.3 Å². The van der Waals surface area contributed by atoms with Crippen molar-refractivity contribution in [3.05, 3.63) is 34.9 Å². The summed E-state index contributed by atoms with van der Waals surface area (Å²) in [5.41, 5.74) is 0.870. The molecule has 0 spiro atoms. The van der Waals surface area contributed by atoms with Crippen LogP contribution < -0.4 is 21.3 Å². The molecular formula is C17H25ClN4O2. The number of hydrogen-bond acceptors (Lipinski definition) is 2. The summed E-state index contributed by atoms with van der Waals surface area (Å²) in [4.78, 5) is 23.9. The Labute approximate surface area is 147 Å². The van der Waals surface area contributed by atoms with E-state index in [1.165, 1.54) is 0 Å². The Morgan fingerprint density at radius 1 is 1.04 bits per heavy atom. The van der Waals surface area contributed by atoms with E-state index in [2.05, 4.69) is 21.3 Å². The summed E-state index contributed by atoms with van der Waals surface area (Å²) in [5, 5.41) is 12.1. The molecule has 1 saturated carbocycles. The number of rotatable bonds is 5. The van der Waals surface area contributed by atoms with Crippen molar-refractivity contribution in [2.24, 2.45) is 0 Å². The van der Waals surface area contributed by atoms with Crippen LogP contribution in [-0.4, -0.2) is 30.7 Å². The van der Waals surface area contributed by atoms with Crippen molar-refractivity contribution < 1.29 is 9.59 Å². The average Bonchev–Trinajstić information content (AvgIpc) is 2.56. The summed E-state index contributed by atoms with van der Waals surface area (Å²) >= 11 is 6.08. The lowest BCUT2D eigenvalue weighted by atomic mass is 9.90. The highest BCUT2D eigenvalue weighted by Gasteiger charge is 2.27. The maximum absolute atomic E-state index is 12.2. The van der Waals surface area contributed by atoms with Crippen molar-refractivity contribution in [2.45, 2.75) is 51.2 Å². The average molecular weight is 353 g/mol. The standard InChI is InChI=1S/C17H25ClN4O2/c1-2-19-16(23)21-14-9-5-6-10-15(14)22-17(24)20-11-12-7-3-4-8-13(12)18/h3-4,7-8,14-15H,2,5-6,9-11H2,1H3,(H2,19,21,23)(H2,20,22,24). The minimum atomic E-state index is -0.246. The second kappa shape index (κ2) is 9.37. The molecule has 0 aromatic heterocycles. The molecule has 6 nitrogen and oxygen atoms in total. The van der Waals surface area contributed by atoms with Gasteiger partial charge in [0.2, 0.25) is 0 Å². The second-order valence-corrected chi connectivity index (χ2v) is 6.33. The van der Waals surface area contributed by atoms with Gasteiger partial charge in [0.1, 0.15) is 0 Å². The summed E-state index contributed by atoms with van der Waals surface area (Å²) < 4.78 is 0. The van der Waals surface area contributed by atoms with Crippen LogP contribution >= 0.6 is 11.6 Å². The molecule has 7 heteroatoms. The Kier molecular flexibility index (Phi) is 7.18. The number of benzene rings is 1. The fourth-order valence-corrected chi connectivity index (χ4v) is 3.10. The molecular weight excluding hydrogens is 328 g/mol. The van der Waals surface area contributed by atoms with Gasteiger partial charge in [-0.2, -0.15) is 0 Å². The monoisotopic (exact) mass is 352 g/mol. The molecule has 132 valence electrons. The highest BCUT2D eigenvalue weighted by Crippen LogP contribution is 2.19. The van der Waals surface area contributed by atoms with E-state index in [1.54, 1.807) is 6.07 Å². The Morgan fingerprint density at radius 2 is 1.62 bits per heavy atom. The molecule has 0 heterocycles. The molecule has 0 saturated heterocycles. The van der Waals surface area contributed by atoms with Gasteiger partial charge < -0.3 is 21.3 Å². The van der Waals surface area contributed by atoms with Gasteiger partial charge in [-0.15, -0.1) is 0 Å². The van der Waals surface area contributed by atoms with Crippen LogP contribution in [0, 0.1) is 0 Å². The molecule has 0 radical (unpaired) electrons. The van der Waals surface area contributed by atoms with Crippen molar-refractivity contribution >= 4 is 23.7 Å². The van der Waals surface area contributed by atoms with Gasteiger partial charge in [0.25, 0.3) is 0 Å². The van der Waals surface area contributed by atoms with E-state index in [0.29, 0.717) is 18.1 Å². The summed E-state index contributed by atoms with van der Waals surface area (Å²) in [5.74, 6) is 0. The lowest BCUT2D eigenvalue weighted by molar-refractivity contribution is 0.213. The maximum atomic E-state index is 12.2. The smallest absolute Gasteiger partial charge is 0.315 e. The van der Waals surface area contributed by atoms with Crippen LogP contribution in [0.15, 0.2) is 24.3 Å². The Balaban J connectivity index is 1.84. The van der Waals surface area contributed by atoms with E-state index in [0.717, 1.165) is 31.2 Å². The largest absolute Gasteiger partial charge is 0.338 e. The van der Waals surface area contributed by atoms with Crippen LogP contribution in [0.4, 0.5) is 9.59 Å². The molecule has 2 rings (SSSR count). The number of carbonyl (C=O) groups is 2. The van der Waals surface area contributed by atoms with Gasteiger partial charge in [-0.3, -0.25) is 0 Å². The van der Waals surface area contributed by atoms with Gasteiger partial charge in [-0.05, 0) is 31.4 Å². The molecule has 1 aliphatic rings. The van der Waals surface area contributed by atoms with Gasteiger partial charge in [0.05, 0.1) is 12.1 Å². The Morgan fingerprint density at radius 3 is 2.21 bits per heavy atom. The molecule has 1 aliphatic carbocycles. The van der Waals surface area contributed by atoms with E-state index in [-0.39, 0.29) is 24.1 Å². The van der Waals surface area contributed by atoms with Crippen LogP contribution in [0.3, 0.4) is 0 Å².